The van der Waals surface area contributed by atoms with Gasteiger partial charge >= 0.3 is 0 Å². The van der Waals surface area contributed by atoms with Crippen LogP contribution in [0, 0.1) is 0 Å². The van der Waals surface area contributed by atoms with Gasteiger partial charge in [0.2, 0.25) is 5.91 Å². The number of hydrogen-bond donors (Lipinski definition) is 2. The maximum atomic E-state index is 12.2. The lowest BCUT2D eigenvalue weighted by atomic mass is 10.1. The van der Waals surface area contributed by atoms with E-state index in [1.807, 2.05) is 0 Å². The molecule has 2 atom stereocenters. The Balaban J connectivity index is 0.00000144. The van der Waals surface area contributed by atoms with Crippen LogP contribution in [0.4, 0.5) is 5.69 Å². The minimum atomic E-state index is 0. The second-order valence-corrected chi connectivity index (χ2v) is 6.58. The molecule has 0 radical (unpaired) electrons. The highest BCUT2D eigenvalue weighted by Crippen LogP contribution is 2.24. The van der Waals surface area contributed by atoms with Crippen LogP contribution in [0.3, 0.4) is 0 Å². The molecule has 0 aromatic heterocycles. The van der Waals surface area contributed by atoms with Gasteiger partial charge in [0.15, 0.2) is 0 Å². The predicted octanol–water partition coefficient (Wildman–Crippen LogP) is 3.45. The third kappa shape index (κ3) is 5.54. The fourth-order valence-corrected chi connectivity index (χ4v) is 3.50. The molecule has 1 aromatic carbocycles. The highest BCUT2D eigenvalue weighted by atomic mass is 35.5. The molecule has 0 bridgehead atoms. The summed E-state index contributed by atoms with van der Waals surface area (Å²) in [5.74, 6) is 0.151. The van der Waals surface area contributed by atoms with Crippen LogP contribution >= 0.6 is 24.8 Å². The van der Waals surface area contributed by atoms with Gasteiger partial charge in [-0.05, 0) is 56.8 Å². The number of rotatable bonds is 5. The van der Waals surface area contributed by atoms with Crippen LogP contribution < -0.4 is 15.5 Å². The second kappa shape index (κ2) is 10.1. The Labute approximate surface area is 157 Å². The number of nitrogens with one attached hydrogen (secondary N) is 2. The SMILES string of the molecule is CC(NC(=O)CC1CCCN1)c1cccc(N2CCCC2)c1.Cl.Cl. The Kier molecular flexibility index (Phi) is 8.88. The number of hydrogen-bond acceptors (Lipinski definition) is 3. The number of amides is 1. The Hall–Kier alpha value is -0.970. The van der Waals surface area contributed by atoms with Crippen molar-refractivity contribution in [2.75, 3.05) is 24.5 Å². The number of carbonyl (C=O) groups excluding carboxylic acids is 1. The zero-order valence-electron chi connectivity index (χ0n) is 14.3. The standard InChI is InChI=1S/C18H27N3O.2ClH/c1-14(20-18(22)13-16-7-5-9-19-16)15-6-4-8-17(12-15)21-10-2-3-11-21;;/h4,6,8,12,14,16,19H,2-3,5,7,9-11,13H2,1H3,(H,20,22);2*1H. The Morgan fingerprint density at radius 1 is 1.29 bits per heavy atom. The topological polar surface area (TPSA) is 44.4 Å². The van der Waals surface area contributed by atoms with Crippen molar-refractivity contribution in [3.8, 4) is 0 Å². The van der Waals surface area contributed by atoms with Gasteiger partial charge in [0.25, 0.3) is 0 Å². The summed E-state index contributed by atoms with van der Waals surface area (Å²) in [5.41, 5.74) is 2.48. The van der Waals surface area contributed by atoms with Crippen LogP contribution in [0.2, 0.25) is 0 Å². The zero-order valence-corrected chi connectivity index (χ0v) is 15.9. The Morgan fingerprint density at radius 2 is 2.04 bits per heavy atom. The van der Waals surface area contributed by atoms with Gasteiger partial charge in [-0.3, -0.25) is 4.79 Å². The van der Waals surface area contributed by atoms with Crippen molar-refractivity contribution >= 4 is 36.4 Å². The maximum absolute atomic E-state index is 12.2. The summed E-state index contributed by atoms with van der Waals surface area (Å²) < 4.78 is 0. The van der Waals surface area contributed by atoms with Crippen molar-refractivity contribution in [3.05, 3.63) is 29.8 Å². The average molecular weight is 374 g/mol. The fourth-order valence-electron chi connectivity index (χ4n) is 3.50. The molecule has 4 nitrogen and oxygen atoms in total. The number of carbonyl (C=O) groups is 1. The fraction of sp³-hybridized carbons (Fsp3) is 0.611. The number of nitrogens with zero attached hydrogens (tertiary/aromatic N) is 1. The van der Waals surface area contributed by atoms with E-state index in [2.05, 4.69) is 46.7 Å². The van der Waals surface area contributed by atoms with Gasteiger partial charge in [0.05, 0.1) is 6.04 Å². The monoisotopic (exact) mass is 373 g/mol. The van der Waals surface area contributed by atoms with E-state index >= 15 is 0 Å². The van der Waals surface area contributed by atoms with Gasteiger partial charge in [-0.1, -0.05) is 12.1 Å². The normalized spacial score (nSPS) is 20.9. The molecule has 0 spiro atoms. The van der Waals surface area contributed by atoms with Crippen LogP contribution in [0.15, 0.2) is 24.3 Å². The van der Waals surface area contributed by atoms with Gasteiger partial charge < -0.3 is 15.5 Å². The van der Waals surface area contributed by atoms with E-state index < -0.39 is 0 Å². The third-order valence-corrected chi connectivity index (χ3v) is 4.81. The van der Waals surface area contributed by atoms with Crippen molar-refractivity contribution in [2.45, 2.75) is 51.1 Å². The summed E-state index contributed by atoms with van der Waals surface area (Å²) in [5, 5.41) is 6.52. The molecule has 1 amide bonds. The number of anilines is 1. The minimum Gasteiger partial charge on any atom is -0.372 e. The van der Waals surface area contributed by atoms with Gasteiger partial charge in [-0.15, -0.1) is 24.8 Å². The summed E-state index contributed by atoms with van der Waals surface area (Å²) in [4.78, 5) is 14.6. The summed E-state index contributed by atoms with van der Waals surface area (Å²) in [6.07, 6.45) is 5.46. The molecule has 2 aliphatic rings. The first-order valence-electron chi connectivity index (χ1n) is 8.60. The molecule has 2 heterocycles. The van der Waals surface area contributed by atoms with Gasteiger partial charge in [-0.25, -0.2) is 0 Å². The lowest BCUT2D eigenvalue weighted by molar-refractivity contribution is -0.122. The smallest absolute Gasteiger partial charge is 0.222 e. The van der Waals surface area contributed by atoms with Crippen molar-refractivity contribution in [1.82, 2.24) is 10.6 Å². The van der Waals surface area contributed by atoms with Gasteiger partial charge in [0, 0.05) is 31.2 Å². The lowest BCUT2D eigenvalue weighted by Crippen LogP contribution is -2.33. The molecule has 3 rings (SSSR count). The maximum Gasteiger partial charge on any atom is 0.222 e. The number of halogens is 2. The van der Waals surface area contributed by atoms with E-state index in [0.717, 1.165) is 26.1 Å². The van der Waals surface area contributed by atoms with Crippen molar-refractivity contribution in [2.24, 2.45) is 0 Å². The molecule has 0 aliphatic carbocycles. The summed E-state index contributed by atoms with van der Waals surface area (Å²) >= 11 is 0. The first-order valence-corrected chi connectivity index (χ1v) is 8.60. The quantitative estimate of drug-likeness (QED) is 0.830. The molecular formula is C18H29Cl2N3O. The summed E-state index contributed by atoms with van der Waals surface area (Å²) in [6, 6.07) is 9.04. The van der Waals surface area contributed by atoms with E-state index in [4.69, 9.17) is 0 Å². The molecule has 6 heteroatoms. The molecule has 2 N–H and O–H groups in total. The van der Waals surface area contributed by atoms with E-state index in [-0.39, 0.29) is 36.8 Å². The first-order chi connectivity index (χ1) is 10.7. The zero-order chi connectivity index (χ0) is 15.4. The Bertz CT molecular complexity index is 515. The van der Waals surface area contributed by atoms with Crippen LogP contribution in [-0.2, 0) is 4.79 Å². The largest absolute Gasteiger partial charge is 0.372 e. The molecule has 1 aromatic rings. The molecule has 0 saturated carbocycles. The molecule has 24 heavy (non-hydrogen) atoms. The predicted molar refractivity (Wildman–Crippen MR) is 105 cm³/mol. The van der Waals surface area contributed by atoms with Crippen molar-refractivity contribution in [1.29, 1.82) is 0 Å². The first kappa shape index (κ1) is 21.1. The average Bonchev–Trinajstić information content (AvgIpc) is 3.20. The molecule has 2 aliphatic heterocycles. The molecule has 136 valence electrons. The van der Waals surface area contributed by atoms with E-state index in [1.54, 1.807) is 0 Å². The van der Waals surface area contributed by atoms with Gasteiger partial charge in [-0.2, -0.15) is 0 Å². The molecule has 2 fully saturated rings. The molecule has 2 unspecified atom stereocenters. The molecular weight excluding hydrogens is 345 g/mol. The minimum absolute atomic E-state index is 0. The van der Waals surface area contributed by atoms with Gasteiger partial charge in [0.1, 0.15) is 0 Å². The highest BCUT2D eigenvalue weighted by molar-refractivity contribution is 5.85. The summed E-state index contributed by atoms with van der Waals surface area (Å²) in [7, 11) is 0. The van der Waals surface area contributed by atoms with Crippen LogP contribution in [-0.4, -0.2) is 31.6 Å². The summed E-state index contributed by atoms with van der Waals surface area (Å²) in [6.45, 7) is 5.42. The van der Waals surface area contributed by atoms with Crippen molar-refractivity contribution < 1.29 is 4.79 Å². The third-order valence-electron chi connectivity index (χ3n) is 4.81. The van der Waals surface area contributed by atoms with Crippen LogP contribution in [0.1, 0.15) is 50.6 Å². The lowest BCUT2D eigenvalue weighted by Gasteiger charge is -2.21. The van der Waals surface area contributed by atoms with E-state index in [0.29, 0.717) is 12.5 Å². The van der Waals surface area contributed by atoms with E-state index in [1.165, 1.54) is 30.5 Å². The number of benzene rings is 1. The molecule has 2 saturated heterocycles. The highest BCUT2D eigenvalue weighted by Gasteiger charge is 2.19. The van der Waals surface area contributed by atoms with Crippen LogP contribution in [0.5, 0.6) is 0 Å². The van der Waals surface area contributed by atoms with Crippen LogP contribution in [0.25, 0.3) is 0 Å². The van der Waals surface area contributed by atoms with E-state index in [9.17, 15) is 4.79 Å². The van der Waals surface area contributed by atoms with Crippen molar-refractivity contribution in [3.63, 3.8) is 0 Å². The second-order valence-electron chi connectivity index (χ2n) is 6.58. The Morgan fingerprint density at radius 3 is 2.71 bits per heavy atom.